The number of benzene rings is 10. The second kappa shape index (κ2) is 17.8. The second-order valence-electron chi connectivity index (χ2n) is 16.7. The quantitative estimate of drug-likeness (QED) is 0.128. The highest BCUT2D eigenvalue weighted by atomic mass is 31.2. The van der Waals surface area contributed by atoms with Crippen molar-refractivity contribution >= 4 is 33.8 Å². The highest BCUT2D eigenvalue weighted by Crippen LogP contribution is 2.45. The summed E-state index contributed by atoms with van der Waals surface area (Å²) in [5.41, 5.74) is 14.9. The molecule has 312 valence electrons. The Labute approximate surface area is 386 Å². The molecule has 1 heterocycles. The van der Waals surface area contributed by atoms with Crippen LogP contribution in [0.5, 0.6) is 0 Å². The van der Waals surface area contributed by atoms with Crippen LogP contribution in [0.2, 0.25) is 0 Å². The van der Waals surface area contributed by atoms with Gasteiger partial charge in [-0.3, -0.25) is 4.98 Å². The Morgan fingerprint density at radius 1 is 0.242 bits per heavy atom. The van der Waals surface area contributed by atoms with E-state index in [4.69, 9.17) is 4.98 Å². The summed E-state index contributed by atoms with van der Waals surface area (Å²) >= 11 is 0. The van der Waals surface area contributed by atoms with Crippen LogP contribution in [0.25, 0.3) is 88.8 Å². The van der Waals surface area contributed by atoms with E-state index < -0.39 is 7.14 Å². The zero-order valence-electron chi connectivity index (χ0n) is 36.2. The van der Waals surface area contributed by atoms with Crippen molar-refractivity contribution in [2.45, 2.75) is 0 Å². The van der Waals surface area contributed by atoms with E-state index in [-0.39, 0.29) is 0 Å². The predicted octanol–water partition coefficient (Wildman–Crippen LogP) is 15.5. The van der Waals surface area contributed by atoms with E-state index in [2.05, 4.69) is 224 Å². The molecule has 0 spiro atoms. The molecular formula is C63H44NOP. The summed E-state index contributed by atoms with van der Waals surface area (Å²) in [6.07, 6.45) is 1.92. The van der Waals surface area contributed by atoms with Crippen molar-refractivity contribution in [3.8, 4) is 78.0 Å². The number of rotatable bonds is 10. The van der Waals surface area contributed by atoms with E-state index in [9.17, 15) is 0 Å². The van der Waals surface area contributed by atoms with Gasteiger partial charge in [-0.25, -0.2) is 0 Å². The summed E-state index contributed by atoms with van der Waals surface area (Å²) in [5.74, 6) is 0. The summed E-state index contributed by atoms with van der Waals surface area (Å²) in [6.45, 7) is 0. The molecule has 0 saturated carbocycles. The van der Waals surface area contributed by atoms with Crippen LogP contribution in [0, 0.1) is 0 Å². The van der Waals surface area contributed by atoms with Crippen molar-refractivity contribution in [1.29, 1.82) is 0 Å². The number of hydrogen-bond acceptors (Lipinski definition) is 2. The van der Waals surface area contributed by atoms with E-state index in [0.717, 1.165) is 105 Å². The Balaban J connectivity index is 1.10. The Bertz CT molecular complexity index is 3260. The lowest BCUT2D eigenvalue weighted by Gasteiger charge is -2.22. The van der Waals surface area contributed by atoms with Crippen molar-refractivity contribution in [2.24, 2.45) is 0 Å². The Morgan fingerprint density at radius 2 is 0.545 bits per heavy atom. The first-order valence-corrected chi connectivity index (χ1v) is 24.1. The van der Waals surface area contributed by atoms with Gasteiger partial charge in [0, 0.05) is 33.1 Å². The largest absolute Gasteiger partial charge is 0.309 e. The van der Waals surface area contributed by atoms with Crippen LogP contribution in [0.4, 0.5) is 0 Å². The lowest BCUT2D eigenvalue weighted by Crippen LogP contribution is -2.25. The average molecular weight is 862 g/mol. The molecule has 2 nitrogen and oxygen atoms in total. The second-order valence-corrected chi connectivity index (χ2v) is 19.5. The van der Waals surface area contributed by atoms with E-state index in [1.807, 2.05) is 42.6 Å². The SMILES string of the molecule is O=P(c1cccc(-c2cc(-c3ccccc3)cc(-c3ccccc3)c2)c1)(c1cccc(-c2cc(-c3ccccc3)cc(-c3ccccc3)c2)c1)c1cccc(-c2cc3ccccc3cn2)c1. The highest BCUT2D eigenvalue weighted by Gasteiger charge is 2.31. The zero-order valence-corrected chi connectivity index (χ0v) is 37.1. The molecule has 0 fully saturated rings. The van der Waals surface area contributed by atoms with Crippen LogP contribution in [0.3, 0.4) is 0 Å². The molecule has 0 aliphatic heterocycles. The zero-order chi connectivity index (χ0) is 44.3. The smallest absolute Gasteiger partial charge is 0.171 e. The van der Waals surface area contributed by atoms with Gasteiger partial charge in [0.05, 0.1) is 5.69 Å². The molecule has 0 amide bonds. The van der Waals surface area contributed by atoms with Crippen LogP contribution < -0.4 is 15.9 Å². The third-order valence-corrected chi connectivity index (χ3v) is 15.5. The summed E-state index contributed by atoms with van der Waals surface area (Å²) in [4.78, 5) is 4.90. The van der Waals surface area contributed by atoms with Gasteiger partial charge in [-0.05, 0) is 133 Å². The summed E-state index contributed by atoms with van der Waals surface area (Å²) < 4.78 is 16.9. The molecule has 0 radical (unpaired) electrons. The number of nitrogens with zero attached hydrogens (tertiary/aromatic N) is 1. The fourth-order valence-electron chi connectivity index (χ4n) is 9.09. The van der Waals surface area contributed by atoms with E-state index in [0.29, 0.717) is 0 Å². The predicted molar refractivity (Wildman–Crippen MR) is 279 cm³/mol. The maximum absolute atomic E-state index is 16.9. The van der Waals surface area contributed by atoms with Gasteiger partial charge in [0.25, 0.3) is 0 Å². The molecule has 11 rings (SSSR count). The van der Waals surface area contributed by atoms with E-state index in [1.54, 1.807) is 0 Å². The lowest BCUT2D eigenvalue weighted by molar-refractivity contribution is 0.592. The Morgan fingerprint density at radius 3 is 0.939 bits per heavy atom. The third kappa shape index (κ3) is 8.12. The van der Waals surface area contributed by atoms with Gasteiger partial charge >= 0.3 is 0 Å². The Kier molecular flexibility index (Phi) is 10.9. The molecule has 0 atom stereocenters. The van der Waals surface area contributed by atoms with E-state index in [1.165, 1.54) is 0 Å². The van der Waals surface area contributed by atoms with Crippen LogP contribution in [-0.4, -0.2) is 4.98 Å². The van der Waals surface area contributed by atoms with Crippen LogP contribution in [0.1, 0.15) is 0 Å². The van der Waals surface area contributed by atoms with Crippen molar-refractivity contribution < 1.29 is 4.57 Å². The lowest BCUT2D eigenvalue weighted by atomic mass is 9.93. The molecule has 66 heavy (non-hydrogen) atoms. The molecule has 3 heteroatoms. The normalized spacial score (nSPS) is 11.4. The monoisotopic (exact) mass is 861 g/mol. The minimum absolute atomic E-state index is 0.746. The number of aromatic nitrogens is 1. The number of fused-ring (bicyclic) bond motifs is 1. The highest BCUT2D eigenvalue weighted by molar-refractivity contribution is 7.85. The standard InChI is InChI=1S/C63H44NOP/c65-66(62-33-17-30-52(42-62)63-43-51-26-13-14-27-53(51)44-64-63,60-31-15-28-49(40-60)58-36-54(45-18-5-1-6-19-45)34-55(37-58)46-20-7-2-8-21-46)61-32-16-29-50(41-61)59-38-56(47-22-9-3-10-23-47)35-57(39-59)48-24-11-4-12-25-48/h1-44H. The maximum atomic E-state index is 16.9. The molecule has 0 saturated heterocycles. The van der Waals surface area contributed by atoms with Gasteiger partial charge in [0.15, 0.2) is 7.14 Å². The van der Waals surface area contributed by atoms with Crippen molar-refractivity contribution in [2.75, 3.05) is 0 Å². The third-order valence-electron chi connectivity index (χ3n) is 12.5. The van der Waals surface area contributed by atoms with Gasteiger partial charge in [0.2, 0.25) is 0 Å². The fourth-order valence-corrected chi connectivity index (χ4v) is 11.8. The first kappa shape index (κ1) is 40.6. The molecule has 0 aliphatic rings. The Hall–Kier alpha value is -8.16. The fraction of sp³-hybridized carbons (Fsp3) is 0. The van der Waals surface area contributed by atoms with E-state index >= 15 is 4.57 Å². The maximum Gasteiger partial charge on any atom is 0.171 e. The van der Waals surface area contributed by atoms with Crippen LogP contribution in [0.15, 0.2) is 267 Å². The molecule has 1 aromatic heterocycles. The minimum Gasteiger partial charge on any atom is -0.309 e. The summed E-state index contributed by atoms with van der Waals surface area (Å²) in [6, 6.07) is 91.0. The number of hydrogen-bond donors (Lipinski definition) is 0. The van der Waals surface area contributed by atoms with Crippen molar-refractivity contribution in [3.05, 3.63) is 267 Å². The molecule has 10 aromatic carbocycles. The van der Waals surface area contributed by atoms with Crippen LogP contribution >= 0.6 is 7.14 Å². The first-order valence-electron chi connectivity index (χ1n) is 22.3. The topological polar surface area (TPSA) is 30.0 Å². The van der Waals surface area contributed by atoms with Crippen molar-refractivity contribution in [1.82, 2.24) is 4.98 Å². The molecular weight excluding hydrogens is 818 g/mol. The first-order chi connectivity index (χ1) is 32.5. The minimum atomic E-state index is -3.57. The van der Waals surface area contributed by atoms with Gasteiger partial charge in [0.1, 0.15) is 0 Å². The number of pyridine rings is 1. The molecule has 0 unspecified atom stereocenters. The molecule has 11 aromatic rings. The van der Waals surface area contributed by atoms with Gasteiger partial charge in [-0.1, -0.05) is 200 Å². The van der Waals surface area contributed by atoms with Gasteiger partial charge in [-0.15, -0.1) is 0 Å². The summed E-state index contributed by atoms with van der Waals surface area (Å²) in [7, 11) is -3.57. The molecule has 0 aliphatic carbocycles. The van der Waals surface area contributed by atoms with Gasteiger partial charge < -0.3 is 4.57 Å². The van der Waals surface area contributed by atoms with Gasteiger partial charge in [-0.2, -0.15) is 0 Å². The van der Waals surface area contributed by atoms with Crippen molar-refractivity contribution in [3.63, 3.8) is 0 Å². The summed E-state index contributed by atoms with van der Waals surface area (Å²) in [5, 5.41) is 4.45. The average Bonchev–Trinajstić information content (AvgIpc) is 3.41. The van der Waals surface area contributed by atoms with Crippen LogP contribution in [-0.2, 0) is 4.57 Å². The molecule has 0 bridgehead atoms. The molecule has 0 N–H and O–H groups in total.